The third-order valence-corrected chi connectivity index (χ3v) is 4.49. The van der Waals surface area contributed by atoms with Crippen molar-refractivity contribution in [3.05, 3.63) is 83.2 Å². The summed E-state index contributed by atoms with van der Waals surface area (Å²) >= 11 is 0. The minimum absolute atomic E-state index is 0.209. The van der Waals surface area contributed by atoms with Crippen molar-refractivity contribution < 1.29 is 4.74 Å². The van der Waals surface area contributed by atoms with Gasteiger partial charge in [0, 0.05) is 11.1 Å². The first-order chi connectivity index (χ1) is 10.5. The third-order valence-electron chi connectivity index (χ3n) is 4.49. The molecule has 0 saturated heterocycles. The van der Waals surface area contributed by atoms with Crippen molar-refractivity contribution in [3.8, 4) is 6.07 Å². The van der Waals surface area contributed by atoms with E-state index in [2.05, 4.69) is 6.07 Å². The number of rotatable bonds is 2. The normalized spacial score (nSPS) is 18.6. The molecule has 110 valence electrons. The summed E-state index contributed by atoms with van der Waals surface area (Å²) in [6.07, 6.45) is 0. The molecule has 3 rings (SSSR count). The quantitative estimate of drug-likeness (QED) is 0.917. The van der Waals surface area contributed by atoms with E-state index < -0.39 is 11.0 Å². The summed E-state index contributed by atoms with van der Waals surface area (Å²) in [5, 5.41) is 9.53. The molecule has 0 spiro atoms. The summed E-state index contributed by atoms with van der Waals surface area (Å²) < 4.78 is 6.17. The van der Waals surface area contributed by atoms with E-state index in [1.165, 1.54) is 0 Å². The molecule has 0 aliphatic carbocycles. The maximum Gasteiger partial charge on any atom is 0.200 e. The van der Waals surface area contributed by atoms with Crippen LogP contribution in [0.15, 0.2) is 72.1 Å². The van der Waals surface area contributed by atoms with E-state index in [4.69, 9.17) is 10.5 Å². The van der Waals surface area contributed by atoms with Crippen LogP contribution < -0.4 is 5.73 Å². The minimum atomic E-state index is -0.801. The number of nitriles is 1. The number of benzene rings is 2. The van der Waals surface area contributed by atoms with Crippen LogP contribution in [0.5, 0.6) is 0 Å². The molecule has 0 fully saturated rings. The maximum absolute atomic E-state index is 9.53. The van der Waals surface area contributed by atoms with Crippen LogP contribution in [0.1, 0.15) is 25.0 Å². The summed E-state index contributed by atoms with van der Waals surface area (Å²) in [4.78, 5) is 0. The maximum atomic E-state index is 9.53. The highest BCUT2D eigenvalue weighted by Crippen LogP contribution is 2.57. The van der Waals surface area contributed by atoms with Crippen molar-refractivity contribution in [2.75, 3.05) is 0 Å². The Balaban J connectivity index is 2.31. The summed E-state index contributed by atoms with van der Waals surface area (Å²) in [6, 6.07) is 22.1. The van der Waals surface area contributed by atoms with Crippen molar-refractivity contribution in [2.24, 2.45) is 11.1 Å². The van der Waals surface area contributed by atoms with E-state index in [0.717, 1.165) is 11.1 Å². The van der Waals surface area contributed by atoms with Gasteiger partial charge in [-0.2, -0.15) is 5.26 Å². The van der Waals surface area contributed by atoms with Gasteiger partial charge in [0.25, 0.3) is 0 Å². The number of ether oxygens (including phenoxy) is 1. The van der Waals surface area contributed by atoms with Gasteiger partial charge in [0.05, 0.1) is 11.0 Å². The summed E-state index contributed by atoms with van der Waals surface area (Å²) in [6.45, 7) is 4.01. The van der Waals surface area contributed by atoms with E-state index in [-0.39, 0.29) is 5.88 Å². The largest absolute Gasteiger partial charge is 0.461 e. The first-order valence-electron chi connectivity index (χ1n) is 7.24. The molecule has 0 aromatic heterocycles. The zero-order valence-corrected chi connectivity index (χ0v) is 12.7. The second-order valence-electron chi connectivity index (χ2n) is 5.99. The van der Waals surface area contributed by atoms with Crippen molar-refractivity contribution in [1.82, 2.24) is 0 Å². The minimum Gasteiger partial charge on any atom is -0.461 e. The number of nitrogens with two attached hydrogens (primary N) is 1. The van der Waals surface area contributed by atoms with Gasteiger partial charge >= 0.3 is 0 Å². The van der Waals surface area contributed by atoms with Crippen molar-refractivity contribution in [3.63, 3.8) is 0 Å². The van der Waals surface area contributed by atoms with Crippen LogP contribution in [-0.2, 0) is 10.3 Å². The molecule has 1 aliphatic rings. The lowest BCUT2D eigenvalue weighted by molar-refractivity contribution is -0.0103. The highest BCUT2D eigenvalue weighted by atomic mass is 16.5. The molecule has 3 heteroatoms. The lowest BCUT2D eigenvalue weighted by Gasteiger charge is -2.41. The zero-order valence-electron chi connectivity index (χ0n) is 12.7. The molecule has 2 N–H and O–H groups in total. The van der Waals surface area contributed by atoms with Crippen LogP contribution in [0.3, 0.4) is 0 Å². The van der Waals surface area contributed by atoms with E-state index in [0.29, 0.717) is 5.57 Å². The molecule has 0 amide bonds. The molecular formula is C19H18N2O. The standard InChI is InChI=1S/C19H18N2O/c1-18(2)16(13-20)17(21)22-19(18,14-9-5-3-6-10-14)15-11-7-4-8-12-15/h3-12H,21H2,1-2H3. The second kappa shape index (κ2) is 4.92. The Kier molecular flexibility index (Phi) is 3.18. The van der Waals surface area contributed by atoms with E-state index in [1.807, 2.05) is 74.5 Å². The Bertz CT molecular complexity index is 716. The zero-order chi connectivity index (χ0) is 15.8. The van der Waals surface area contributed by atoms with Crippen molar-refractivity contribution >= 4 is 0 Å². The predicted molar refractivity (Wildman–Crippen MR) is 85.4 cm³/mol. The third kappa shape index (κ3) is 1.74. The van der Waals surface area contributed by atoms with Gasteiger partial charge in [-0.25, -0.2) is 0 Å². The highest BCUT2D eigenvalue weighted by Gasteiger charge is 2.58. The number of nitrogens with zero attached hydrogens (tertiary/aromatic N) is 1. The molecule has 3 nitrogen and oxygen atoms in total. The van der Waals surface area contributed by atoms with Crippen LogP contribution in [0, 0.1) is 16.7 Å². The molecule has 0 bridgehead atoms. The summed E-state index contributed by atoms with van der Waals surface area (Å²) in [5.41, 5.74) is 7.13. The predicted octanol–water partition coefficient (Wildman–Crippen LogP) is 3.68. The van der Waals surface area contributed by atoms with E-state index >= 15 is 0 Å². The molecule has 1 heterocycles. The first kappa shape index (κ1) is 14.2. The van der Waals surface area contributed by atoms with Gasteiger partial charge in [-0.1, -0.05) is 74.5 Å². The average molecular weight is 290 g/mol. The fourth-order valence-corrected chi connectivity index (χ4v) is 3.37. The van der Waals surface area contributed by atoms with Gasteiger partial charge in [-0.05, 0) is 0 Å². The molecule has 0 unspecified atom stereocenters. The van der Waals surface area contributed by atoms with Crippen LogP contribution in [-0.4, -0.2) is 0 Å². The Labute approximate surface area is 130 Å². The van der Waals surface area contributed by atoms with Crippen LogP contribution in [0.25, 0.3) is 0 Å². The molecule has 0 saturated carbocycles. The lowest BCUT2D eigenvalue weighted by atomic mass is 9.65. The Morgan fingerprint density at radius 1 is 0.909 bits per heavy atom. The van der Waals surface area contributed by atoms with Gasteiger partial charge in [-0.3, -0.25) is 0 Å². The smallest absolute Gasteiger partial charge is 0.200 e. The molecule has 0 radical (unpaired) electrons. The monoisotopic (exact) mass is 290 g/mol. The number of hydrogen-bond donors (Lipinski definition) is 1. The topological polar surface area (TPSA) is 59.0 Å². The Morgan fingerprint density at radius 3 is 1.73 bits per heavy atom. The van der Waals surface area contributed by atoms with E-state index in [9.17, 15) is 5.26 Å². The van der Waals surface area contributed by atoms with Gasteiger partial charge in [-0.15, -0.1) is 0 Å². The number of hydrogen-bond acceptors (Lipinski definition) is 3. The second-order valence-corrected chi connectivity index (χ2v) is 5.99. The fraction of sp³-hybridized carbons (Fsp3) is 0.211. The Hall–Kier alpha value is -2.73. The highest BCUT2D eigenvalue weighted by molar-refractivity contribution is 5.49. The van der Waals surface area contributed by atoms with Crippen molar-refractivity contribution in [2.45, 2.75) is 19.4 Å². The molecule has 2 aromatic rings. The molecule has 1 aliphatic heterocycles. The molecule has 2 aromatic carbocycles. The van der Waals surface area contributed by atoms with E-state index in [1.54, 1.807) is 0 Å². The first-order valence-corrected chi connectivity index (χ1v) is 7.24. The molecule has 0 atom stereocenters. The Morgan fingerprint density at radius 2 is 1.36 bits per heavy atom. The van der Waals surface area contributed by atoms with Crippen LogP contribution in [0.4, 0.5) is 0 Å². The SMILES string of the molecule is CC1(C)C(C#N)=C(N)OC1(c1ccccc1)c1ccccc1. The average Bonchev–Trinajstić information content (AvgIpc) is 2.75. The van der Waals surface area contributed by atoms with Crippen LogP contribution >= 0.6 is 0 Å². The molecular weight excluding hydrogens is 272 g/mol. The van der Waals surface area contributed by atoms with Gasteiger partial charge in [0.1, 0.15) is 6.07 Å². The summed E-state index contributed by atoms with van der Waals surface area (Å²) in [5.74, 6) is 0.209. The molecule has 22 heavy (non-hydrogen) atoms. The van der Waals surface area contributed by atoms with Gasteiger partial charge in [0.15, 0.2) is 11.5 Å². The fourth-order valence-electron chi connectivity index (χ4n) is 3.37. The lowest BCUT2D eigenvalue weighted by Crippen LogP contribution is -2.42. The van der Waals surface area contributed by atoms with Gasteiger partial charge in [0.2, 0.25) is 0 Å². The summed E-state index contributed by atoms with van der Waals surface area (Å²) in [7, 11) is 0. The van der Waals surface area contributed by atoms with Gasteiger partial charge < -0.3 is 10.5 Å². The van der Waals surface area contributed by atoms with Crippen LogP contribution in [0.2, 0.25) is 0 Å². The van der Waals surface area contributed by atoms with Crippen molar-refractivity contribution in [1.29, 1.82) is 5.26 Å².